The number of rotatable bonds is 7. The van der Waals surface area contributed by atoms with Crippen molar-refractivity contribution in [3.05, 3.63) is 0 Å². The zero-order valence-corrected chi connectivity index (χ0v) is 7.12. The summed E-state index contributed by atoms with van der Waals surface area (Å²) in [7, 11) is 0. The van der Waals surface area contributed by atoms with Crippen LogP contribution in [0.25, 0.3) is 0 Å². The van der Waals surface area contributed by atoms with Gasteiger partial charge < -0.3 is 15.8 Å². The number of carbonyl (C=O) groups excluding carboxylic acids is 3. The van der Waals surface area contributed by atoms with Gasteiger partial charge in [0.25, 0.3) is 6.47 Å². The van der Waals surface area contributed by atoms with Gasteiger partial charge >= 0.3 is 0 Å². The number of nitrogens with one attached hydrogen (secondary N) is 1. The second kappa shape index (κ2) is 7.23. The average Bonchev–Trinajstić information content (AvgIpc) is 2.14. The fraction of sp³-hybridized carbons (Fsp3) is 0.571. The molecule has 0 atom stereocenters. The highest BCUT2D eigenvalue weighted by Crippen LogP contribution is 1.89. The molecule has 74 valence electrons. The normalized spacial score (nSPS) is 9.00. The summed E-state index contributed by atoms with van der Waals surface area (Å²) < 4.78 is 4.22. The van der Waals surface area contributed by atoms with Crippen molar-refractivity contribution in [2.45, 2.75) is 12.8 Å². The molecule has 0 aromatic heterocycles. The molecule has 1 amide bonds. The highest BCUT2D eigenvalue weighted by molar-refractivity contribution is 5.85. The van der Waals surface area contributed by atoms with E-state index in [9.17, 15) is 14.4 Å². The first-order valence-electron chi connectivity index (χ1n) is 3.74. The molecule has 0 aliphatic rings. The maximum Gasteiger partial charge on any atom is 0.294 e. The van der Waals surface area contributed by atoms with Gasteiger partial charge in [0.15, 0.2) is 6.73 Å². The molecule has 0 unspecified atom stereocenters. The lowest BCUT2D eigenvalue weighted by molar-refractivity contribution is -0.132. The third-order valence-corrected chi connectivity index (χ3v) is 1.28. The van der Waals surface area contributed by atoms with Crippen molar-refractivity contribution in [1.29, 1.82) is 0 Å². The van der Waals surface area contributed by atoms with E-state index in [2.05, 4.69) is 10.1 Å². The summed E-state index contributed by atoms with van der Waals surface area (Å²) in [5.74, 6) is -0.518. The van der Waals surface area contributed by atoms with Gasteiger partial charge in [-0.3, -0.25) is 14.4 Å². The molecule has 0 aliphatic carbocycles. The zero-order valence-electron chi connectivity index (χ0n) is 7.12. The first-order valence-corrected chi connectivity index (χ1v) is 3.74. The SMILES string of the molecule is NCC(=O)CCC(=O)NCOC=O. The van der Waals surface area contributed by atoms with E-state index in [-0.39, 0.29) is 44.3 Å². The Bertz CT molecular complexity index is 193. The number of ether oxygens (including phenoxy) is 1. The van der Waals surface area contributed by atoms with Gasteiger partial charge in [-0.2, -0.15) is 0 Å². The Morgan fingerprint density at radius 2 is 2.08 bits per heavy atom. The summed E-state index contributed by atoms with van der Waals surface area (Å²) in [6.07, 6.45) is 0.182. The average molecular weight is 188 g/mol. The molecule has 0 spiro atoms. The Labute approximate surface area is 75.4 Å². The Kier molecular flexibility index (Phi) is 6.44. The van der Waals surface area contributed by atoms with Crippen LogP contribution in [0.4, 0.5) is 0 Å². The molecule has 0 heterocycles. The molecule has 0 bridgehead atoms. The molecular weight excluding hydrogens is 176 g/mol. The van der Waals surface area contributed by atoms with E-state index in [0.717, 1.165) is 0 Å². The van der Waals surface area contributed by atoms with Crippen molar-refractivity contribution in [3.8, 4) is 0 Å². The number of amides is 1. The van der Waals surface area contributed by atoms with Crippen molar-refractivity contribution >= 4 is 18.2 Å². The predicted octanol–water partition coefficient (Wildman–Crippen LogP) is -1.46. The molecule has 3 N–H and O–H groups in total. The van der Waals surface area contributed by atoms with Gasteiger partial charge in [-0.1, -0.05) is 0 Å². The number of hydrogen-bond acceptors (Lipinski definition) is 5. The van der Waals surface area contributed by atoms with E-state index in [1.165, 1.54) is 0 Å². The van der Waals surface area contributed by atoms with Gasteiger partial charge in [0.2, 0.25) is 5.91 Å². The van der Waals surface area contributed by atoms with E-state index in [1.807, 2.05) is 0 Å². The third-order valence-electron chi connectivity index (χ3n) is 1.28. The van der Waals surface area contributed by atoms with Crippen LogP contribution in [-0.2, 0) is 19.1 Å². The lowest BCUT2D eigenvalue weighted by atomic mass is 10.2. The van der Waals surface area contributed by atoms with Crippen LogP contribution in [-0.4, -0.2) is 31.4 Å². The van der Waals surface area contributed by atoms with Gasteiger partial charge in [-0.05, 0) is 0 Å². The van der Waals surface area contributed by atoms with Gasteiger partial charge in [0, 0.05) is 12.8 Å². The van der Waals surface area contributed by atoms with Crippen molar-refractivity contribution in [1.82, 2.24) is 5.32 Å². The molecule has 0 aliphatic heterocycles. The molecule has 0 aromatic rings. The van der Waals surface area contributed by atoms with Crippen molar-refractivity contribution in [3.63, 3.8) is 0 Å². The number of carbonyl (C=O) groups is 3. The molecule has 0 aromatic carbocycles. The van der Waals surface area contributed by atoms with Gasteiger partial charge in [0.1, 0.15) is 5.78 Å². The van der Waals surface area contributed by atoms with Crippen LogP contribution in [0, 0.1) is 0 Å². The maximum atomic E-state index is 10.8. The van der Waals surface area contributed by atoms with E-state index < -0.39 is 0 Å². The molecule has 6 nitrogen and oxygen atoms in total. The monoisotopic (exact) mass is 188 g/mol. The molecule has 0 fully saturated rings. The minimum atomic E-state index is -0.344. The fourth-order valence-electron chi connectivity index (χ4n) is 0.600. The topological polar surface area (TPSA) is 98.5 Å². The summed E-state index contributed by atoms with van der Waals surface area (Å²) >= 11 is 0. The number of hydrogen-bond donors (Lipinski definition) is 2. The lowest BCUT2D eigenvalue weighted by Crippen LogP contribution is -2.26. The summed E-state index contributed by atoms with van der Waals surface area (Å²) in [5, 5.41) is 2.28. The summed E-state index contributed by atoms with van der Waals surface area (Å²) in [6.45, 7) is 0.00256. The quantitative estimate of drug-likeness (QED) is 0.289. The highest BCUT2D eigenvalue weighted by Gasteiger charge is 2.04. The van der Waals surface area contributed by atoms with Crippen LogP contribution in [0.3, 0.4) is 0 Å². The molecule has 0 saturated heterocycles. The van der Waals surface area contributed by atoms with Crippen molar-refractivity contribution < 1.29 is 19.1 Å². The Hall–Kier alpha value is -1.43. The number of nitrogens with two attached hydrogens (primary N) is 1. The molecule has 0 rings (SSSR count). The summed E-state index contributed by atoms with van der Waals surface area (Å²) in [5.41, 5.74) is 5.03. The van der Waals surface area contributed by atoms with Crippen LogP contribution >= 0.6 is 0 Å². The summed E-state index contributed by atoms with van der Waals surface area (Å²) in [4.78, 5) is 31.1. The van der Waals surface area contributed by atoms with E-state index in [4.69, 9.17) is 5.73 Å². The zero-order chi connectivity index (χ0) is 10.1. The first kappa shape index (κ1) is 11.6. The molecule has 6 heteroatoms. The number of Topliss-reactive ketones (excluding diaryl/α,β-unsaturated/α-hetero) is 1. The van der Waals surface area contributed by atoms with Crippen LogP contribution in [0.15, 0.2) is 0 Å². The van der Waals surface area contributed by atoms with Crippen LogP contribution < -0.4 is 11.1 Å². The van der Waals surface area contributed by atoms with Crippen molar-refractivity contribution in [2.75, 3.05) is 13.3 Å². The smallest absolute Gasteiger partial charge is 0.294 e. The Morgan fingerprint density at radius 1 is 1.38 bits per heavy atom. The van der Waals surface area contributed by atoms with Gasteiger partial charge in [0.05, 0.1) is 6.54 Å². The van der Waals surface area contributed by atoms with E-state index in [0.29, 0.717) is 0 Å². The van der Waals surface area contributed by atoms with Crippen molar-refractivity contribution in [2.24, 2.45) is 5.73 Å². The number of ketones is 1. The standard InChI is InChI=1S/C7H12N2O4/c8-3-6(11)1-2-7(12)9-4-13-5-10/h5H,1-4,8H2,(H,9,12). The van der Waals surface area contributed by atoms with Crippen LogP contribution in [0.5, 0.6) is 0 Å². The second-order valence-corrected chi connectivity index (χ2v) is 2.25. The Morgan fingerprint density at radius 3 is 2.62 bits per heavy atom. The third kappa shape index (κ3) is 6.95. The maximum absolute atomic E-state index is 10.8. The molecular formula is C7H12N2O4. The molecule has 13 heavy (non-hydrogen) atoms. The molecule has 0 radical (unpaired) electrons. The molecule has 0 saturated carbocycles. The lowest BCUT2D eigenvalue weighted by Gasteiger charge is -2.01. The highest BCUT2D eigenvalue weighted by atomic mass is 16.5. The van der Waals surface area contributed by atoms with E-state index in [1.54, 1.807) is 0 Å². The minimum absolute atomic E-state index is 0.0574. The summed E-state index contributed by atoms with van der Waals surface area (Å²) in [6, 6.07) is 0. The predicted molar refractivity (Wildman–Crippen MR) is 43.5 cm³/mol. The van der Waals surface area contributed by atoms with E-state index >= 15 is 0 Å². The van der Waals surface area contributed by atoms with Crippen LogP contribution in [0.1, 0.15) is 12.8 Å². The van der Waals surface area contributed by atoms with Gasteiger partial charge in [-0.25, -0.2) is 0 Å². The second-order valence-electron chi connectivity index (χ2n) is 2.25. The first-order chi connectivity index (χ1) is 6.20. The van der Waals surface area contributed by atoms with Gasteiger partial charge in [-0.15, -0.1) is 0 Å². The minimum Gasteiger partial charge on any atom is -0.447 e. The fourth-order valence-corrected chi connectivity index (χ4v) is 0.600. The Balaban J connectivity index is 3.40. The largest absolute Gasteiger partial charge is 0.447 e. The van der Waals surface area contributed by atoms with Crippen LogP contribution in [0.2, 0.25) is 0 Å².